The smallest absolute Gasteiger partial charge is 0.229 e. The first kappa shape index (κ1) is 15.4. The Bertz CT molecular complexity index is 346. The molecule has 0 aromatic carbocycles. The van der Waals surface area contributed by atoms with E-state index in [1.54, 1.807) is 6.07 Å². The van der Waals surface area contributed by atoms with E-state index < -0.39 is 15.3 Å². The van der Waals surface area contributed by atoms with Crippen LogP contribution in [0.5, 0.6) is 0 Å². The SMILES string of the molecule is CC(C)C(N)CCN(C)S(=O)(=O)C(C)C#N. The maximum absolute atomic E-state index is 11.7. The zero-order valence-corrected chi connectivity index (χ0v) is 11.2. The van der Waals surface area contributed by atoms with E-state index in [-0.39, 0.29) is 6.04 Å². The Morgan fingerprint density at radius 1 is 1.38 bits per heavy atom. The molecule has 0 rings (SSSR count). The topological polar surface area (TPSA) is 87.2 Å². The number of rotatable bonds is 6. The number of nitrogens with two attached hydrogens (primary N) is 1. The molecule has 0 saturated heterocycles. The molecular weight excluding hydrogens is 226 g/mol. The third-order valence-corrected chi connectivity index (χ3v) is 4.75. The zero-order valence-electron chi connectivity index (χ0n) is 10.3. The minimum atomic E-state index is -3.49. The minimum Gasteiger partial charge on any atom is -0.327 e. The monoisotopic (exact) mass is 247 g/mol. The zero-order chi connectivity index (χ0) is 12.9. The van der Waals surface area contributed by atoms with Crippen molar-refractivity contribution < 1.29 is 8.42 Å². The van der Waals surface area contributed by atoms with Gasteiger partial charge in [0.05, 0.1) is 6.07 Å². The van der Waals surface area contributed by atoms with Crippen LogP contribution in [0, 0.1) is 17.2 Å². The highest BCUT2D eigenvalue weighted by molar-refractivity contribution is 7.89. The van der Waals surface area contributed by atoms with E-state index in [1.807, 2.05) is 13.8 Å². The molecule has 5 nitrogen and oxygen atoms in total. The Hall–Kier alpha value is -0.640. The Morgan fingerprint density at radius 2 is 1.88 bits per heavy atom. The lowest BCUT2D eigenvalue weighted by Crippen LogP contribution is -2.38. The van der Waals surface area contributed by atoms with Crippen molar-refractivity contribution in [2.24, 2.45) is 11.7 Å². The lowest BCUT2D eigenvalue weighted by atomic mass is 10.0. The summed E-state index contributed by atoms with van der Waals surface area (Å²) in [6.45, 7) is 5.73. The molecular formula is C10H21N3O2S. The Balaban J connectivity index is 4.39. The molecule has 2 N–H and O–H groups in total. The first-order chi connectivity index (χ1) is 7.23. The fourth-order valence-electron chi connectivity index (χ4n) is 1.13. The van der Waals surface area contributed by atoms with Gasteiger partial charge in [-0.25, -0.2) is 12.7 Å². The van der Waals surface area contributed by atoms with Crippen LogP contribution in [0.15, 0.2) is 0 Å². The van der Waals surface area contributed by atoms with Gasteiger partial charge in [0.1, 0.15) is 0 Å². The normalized spacial score (nSPS) is 16.1. The van der Waals surface area contributed by atoms with Gasteiger partial charge in [0.2, 0.25) is 10.0 Å². The molecule has 94 valence electrons. The molecule has 0 spiro atoms. The van der Waals surface area contributed by atoms with Crippen LogP contribution < -0.4 is 5.73 Å². The van der Waals surface area contributed by atoms with Crippen LogP contribution in [-0.2, 0) is 10.0 Å². The van der Waals surface area contributed by atoms with Crippen LogP contribution in [0.25, 0.3) is 0 Å². The van der Waals surface area contributed by atoms with Crippen molar-refractivity contribution in [1.29, 1.82) is 5.26 Å². The van der Waals surface area contributed by atoms with Crippen LogP contribution in [0.3, 0.4) is 0 Å². The summed E-state index contributed by atoms with van der Waals surface area (Å²) in [5, 5.41) is 7.60. The van der Waals surface area contributed by atoms with Crippen molar-refractivity contribution in [3.05, 3.63) is 0 Å². The highest BCUT2D eigenvalue weighted by Crippen LogP contribution is 2.09. The summed E-state index contributed by atoms with van der Waals surface area (Å²) in [7, 11) is -2.01. The number of hydrogen-bond acceptors (Lipinski definition) is 4. The minimum absolute atomic E-state index is 0.0185. The fourth-order valence-corrected chi connectivity index (χ4v) is 2.16. The summed E-state index contributed by atoms with van der Waals surface area (Å²) in [6.07, 6.45) is 0.603. The molecule has 2 atom stereocenters. The molecule has 0 aliphatic carbocycles. The quantitative estimate of drug-likeness (QED) is 0.742. The van der Waals surface area contributed by atoms with Gasteiger partial charge in [-0.05, 0) is 19.3 Å². The average molecular weight is 247 g/mol. The van der Waals surface area contributed by atoms with Crippen molar-refractivity contribution in [1.82, 2.24) is 4.31 Å². The molecule has 6 heteroatoms. The Labute approximate surface area is 98.3 Å². The van der Waals surface area contributed by atoms with Gasteiger partial charge < -0.3 is 5.73 Å². The second-order valence-electron chi connectivity index (χ2n) is 4.33. The van der Waals surface area contributed by atoms with Gasteiger partial charge in [-0.3, -0.25) is 0 Å². The van der Waals surface area contributed by atoms with Crippen molar-refractivity contribution >= 4 is 10.0 Å². The average Bonchev–Trinajstić information content (AvgIpc) is 2.23. The van der Waals surface area contributed by atoms with Crippen molar-refractivity contribution in [3.63, 3.8) is 0 Å². The summed E-state index contributed by atoms with van der Waals surface area (Å²) in [5.41, 5.74) is 5.83. The molecule has 2 unspecified atom stereocenters. The van der Waals surface area contributed by atoms with Gasteiger partial charge in [0, 0.05) is 19.6 Å². The van der Waals surface area contributed by atoms with E-state index in [2.05, 4.69) is 0 Å². The highest BCUT2D eigenvalue weighted by atomic mass is 32.2. The number of nitrogens with zero attached hydrogens (tertiary/aromatic N) is 2. The van der Waals surface area contributed by atoms with E-state index in [9.17, 15) is 8.42 Å². The maximum atomic E-state index is 11.7. The molecule has 0 aliphatic heterocycles. The summed E-state index contributed by atoms with van der Waals surface area (Å²) >= 11 is 0. The van der Waals surface area contributed by atoms with Crippen molar-refractivity contribution in [3.8, 4) is 6.07 Å². The van der Waals surface area contributed by atoms with E-state index in [0.717, 1.165) is 0 Å². The molecule has 0 heterocycles. The summed E-state index contributed by atoms with van der Waals surface area (Å²) in [6, 6.07) is 1.72. The van der Waals surface area contributed by atoms with E-state index in [0.29, 0.717) is 18.9 Å². The molecule has 0 aromatic rings. The van der Waals surface area contributed by atoms with Gasteiger partial charge in [0.15, 0.2) is 5.25 Å². The van der Waals surface area contributed by atoms with Crippen LogP contribution in [0.4, 0.5) is 0 Å². The van der Waals surface area contributed by atoms with Crippen LogP contribution >= 0.6 is 0 Å². The van der Waals surface area contributed by atoms with Gasteiger partial charge in [-0.2, -0.15) is 5.26 Å². The molecule has 0 radical (unpaired) electrons. The third kappa shape index (κ3) is 4.08. The Kier molecular flexibility index (Phi) is 5.94. The van der Waals surface area contributed by atoms with Crippen LogP contribution in [0.1, 0.15) is 27.2 Å². The van der Waals surface area contributed by atoms with E-state index >= 15 is 0 Å². The van der Waals surface area contributed by atoms with Crippen molar-refractivity contribution in [2.75, 3.05) is 13.6 Å². The number of nitriles is 1. The molecule has 0 amide bonds. The number of hydrogen-bond donors (Lipinski definition) is 1. The van der Waals surface area contributed by atoms with Crippen molar-refractivity contribution in [2.45, 2.75) is 38.5 Å². The maximum Gasteiger partial charge on any atom is 0.229 e. The van der Waals surface area contributed by atoms with Gasteiger partial charge in [0.25, 0.3) is 0 Å². The van der Waals surface area contributed by atoms with Crippen LogP contribution in [-0.4, -0.2) is 37.6 Å². The first-order valence-electron chi connectivity index (χ1n) is 5.33. The molecule has 0 fully saturated rings. The summed E-state index contributed by atoms with van der Waals surface area (Å²) < 4.78 is 24.6. The van der Waals surface area contributed by atoms with Gasteiger partial charge in [-0.15, -0.1) is 0 Å². The summed E-state index contributed by atoms with van der Waals surface area (Å²) in [5.74, 6) is 0.324. The number of sulfonamides is 1. The molecule has 0 aromatic heterocycles. The first-order valence-corrected chi connectivity index (χ1v) is 6.84. The standard InChI is InChI=1S/C10H21N3O2S/c1-8(2)10(12)5-6-13(4)16(14,15)9(3)7-11/h8-10H,5-6,12H2,1-4H3. The largest absolute Gasteiger partial charge is 0.327 e. The van der Waals surface area contributed by atoms with E-state index in [1.165, 1.54) is 18.3 Å². The van der Waals surface area contributed by atoms with E-state index in [4.69, 9.17) is 11.0 Å². The summed E-state index contributed by atoms with van der Waals surface area (Å²) in [4.78, 5) is 0. The molecule has 0 saturated carbocycles. The second kappa shape index (κ2) is 6.18. The molecule has 0 bridgehead atoms. The fraction of sp³-hybridized carbons (Fsp3) is 0.900. The lowest BCUT2D eigenvalue weighted by molar-refractivity contribution is 0.396. The highest BCUT2D eigenvalue weighted by Gasteiger charge is 2.25. The lowest BCUT2D eigenvalue weighted by Gasteiger charge is -2.22. The predicted octanol–water partition coefficient (Wildman–Crippen LogP) is 0.533. The van der Waals surface area contributed by atoms with Crippen LogP contribution in [0.2, 0.25) is 0 Å². The molecule has 16 heavy (non-hydrogen) atoms. The van der Waals surface area contributed by atoms with Gasteiger partial charge >= 0.3 is 0 Å². The second-order valence-corrected chi connectivity index (χ2v) is 6.69. The Morgan fingerprint density at radius 3 is 2.25 bits per heavy atom. The van der Waals surface area contributed by atoms with Gasteiger partial charge in [-0.1, -0.05) is 13.8 Å². The third-order valence-electron chi connectivity index (χ3n) is 2.70. The predicted molar refractivity (Wildman–Crippen MR) is 64.1 cm³/mol. The molecule has 0 aliphatic rings.